The molecule has 1 saturated heterocycles. The Bertz CT molecular complexity index is 374. The van der Waals surface area contributed by atoms with E-state index in [4.69, 9.17) is 14.2 Å². The predicted octanol–water partition coefficient (Wildman–Crippen LogP) is 1.36. The van der Waals surface area contributed by atoms with E-state index in [0.717, 1.165) is 0 Å². The maximum absolute atomic E-state index is 13.2. The molecule has 4 nitrogen and oxygen atoms in total. The fourth-order valence-corrected chi connectivity index (χ4v) is 1.34. The van der Waals surface area contributed by atoms with E-state index in [1.54, 1.807) is 6.07 Å². The van der Waals surface area contributed by atoms with Crippen LogP contribution in [0, 0.1) is 5.82 Å². The van der Waals surface area contributed by atoms with E-state index >= 15 is 0 Å². The number of ether oxygens (including phenoxy) is 3. The van der Waals surface area contributed by atoms with Gasteiger partial charge >= 0.3 is 5.97 Å². The van der Waals surface area contributed by atoms with Crippen LogP contribution in [0.1, 0.15) is 10.4 Å². The lowest BCUT2D eigenvalue weighted by Crippen LogP contribution is -2.33. The first-order valence-electron chi connectivity index (χ1n) is 4.92. The molecule has 0 bridgehead atoms. The lowest BCUT2D eigenvalue weighted by Gasteiger charge is -2.22. The van der Waals surface area contributed by atoms with Crippen molar-refractivity contribution in [1.29, 1.82) is 0 Å². The summed E-state index contributed by atoms with van der Waals surface area (Å²) >= 11 is 0. The van der Waals surface area contributed by atoms with Crippen LogP contribution in [0.2, 0.25) is 0 Å². The van der Waals surface area contributed by atoms with E-state index in [1.807, 2.05) is 0 Å². The van der Waals surface area contributed by atoms with Crippen LogP contribution in [-0.4, -0.2) is 32.1 Å². The van der Waals surface area contributed by atoms with Gasteiger partial charge in [0, 0.05) is 0 Å². The summed E-state index contributed by atoms with van der Waals surface area (Å²) in [4.78, 5) is 11.5. The molecule has 1 aromatic rings. The third-order valence-electron chi connectivity index (χ3n) is 2.12. The second-order valence-corrected chi connectivity index (χ2v) is 3.26. The van der Waals surface area contributed by atoms with Crippen LogP contribution in [-0.2, 0) is 14.2 Å². The standard InChI is InChI=1S/C11H11FO4/c12-9-4-2-1-3-8(9)11(13)16-10-7-14-5-6-15-10/h1-4,10H,5-7H2. The number of hydrogen-bond donors (Lipinski definition) is 0. The molecule has 0 aliphatic carbocycles. The molecule has 0 spiro atoms. The molecule has 16 heavy (non-hydrogen) atoms. The van der Waals surface area contributed by atoms with Crippen molar-refractivity contribution in [3.63, 3.8) is 0 Å². The van der Waals surface area contributed by atoms with Crippen molar-refractivity contribution in [3.8, 4) is 0 Å². The molecule has 86 valence electrons. The van der Waals surface area contributed by atoms with Crippen LogP contribution in [0.15, 0.2) is 24.3 Å². The molecule has 0 amide bonds. The average Bonchev–Trinajstić information content (AvgIpc) is 2.31. The summed E-state index contributed by atoms with van der Waals surface area (Å²) in [7, 11) is 0. The van der Waals surface area contributed by atoms with Gasteiger partial charge in [-0.05, 0) is 12.1 Å². The van der Waals surface area contributed by atoms with Gasteiger partial charge in [-0.1, -0.05) is 12.1 Å². The zero-order valence-corrected chi connectivity index (χ0v) is 8.52. The van der Waals surface area contributed by atoms with Gasteiger partial charge in [0.05, 0.1) is 18.8 Å². The highest BCUT2D eigenvalue weighted by atomic mass is 19.1. The molecule has 5 heteroatoms. The molecule has 0 saturated carbocycles. The monoisotopic (exact) mass is 226 g/mol. The Labute approximate surface area is 91.9 Å². The van der Waals surface area contributed by atoms with E-state index in [9.17, 15) is 9.18 Å². The summed E-state index contributed by atoms with van der Waals surface area (Å²) in [5.74, 6) is -1.35. The zero-order chi connectivity index (χ0) is 11.4. The van der Waals surface area contributed by atoms with Crippen LogP contribution in [0.4, 0.5) is 4.39 Å². The van der Waals surface area contributed by atoms with Gasteiger partial charge in [-0.25, -0.2) is 9.18 Å². The quantitative estimate of drug-likeness (QED) is 0.714. The Kier molecular flexibility index (Phi) is 3.48. The molecule has 0 radical (unpaired) electrons. The highest BCUT2D eigenvalue weighted by Gasteiger charge is 2.21. The lowest BCUT2D eigenvalue weighted by molar-refractivity contribution is -0.186. The third-order valence-corrected chi connectivity index (χ3v) is 2.12. The first-order chi connectivity index (χ1) is 7.77. The first-order valence-corrected chi connectivity index (χ1v) is 4.92. The molecule has 0 aromatic heterocycles. The lowest BCUT2D eigenvalue weighted by atomic mass is 10.2. The van der Waals surface area contributed by atoms with Crippen molar-refractivity contribution >= 4 is 5.97 Å². The topological polar surface area (TPSA) is 44.8 Å². The molecule has 1 heterocycles. The Morgan fingerprint density at radius 3 is 2.88 bits per heavy atom. The summed E-state index contributed by atoms with van der Waals surface area (Å²) in [6.45, 7) is 1.03. The van der Waals surface area contributed by atoms with Gasteiger partial charge in [0.1, 0.15) is 12.4 Å². The van der Waals surface area contributed by atoms with Gasteiger partial charge in [0.2, 0.25) is 6.29 Å². The fourth-order valence-electron chi connectivity index (χ4n) is 1.34. The van der Waals surface area contributed by atoms with Crippen LogP contribution >= 0.6 is 0 Å². The number of hydrogen-bond acceptors (Lipinski definition) is 4. The summed E-state index contributed by atoms with van der Waals surface area (Å²) < 4.78 is 28.3. The van der Waals surface area contributed by atoms with E-state index in [2.05, 4.69) is 0 Å². The molecular weight excluding hydrogens is 215 g/mol. The summed E-state index contributed by atoms with van der Waals surface area (Å²) in [5, 5.41) is 0. The number of halogens is 1. The first kappa shape index (κ1) is 11.0. The van der Waals surface area contributed by atoms with Crippen molar-refractivity contribution < 1.29 is 23.4 Å². The van der Waals surface area contributed by atoms with E-state index < -0.39 is 18.1 Å². The Morgan fingerprint density at radius 2 is 2.19 bits per heavy atom. The third kappa shape index (κ3) is 2.56. The number of esters is 1. The summed E-state index contributed by atoms with van der Waals surface area (Å²) in [6.07, 6.45) is -0.749. The molecule has 1 aliphatic rings. The van der Waals surface area contributed by atoms with Crippen molar-refractivity contribution in [1.82, 2.24) is 0 Å². The Balaban J connectivity index is 2.00. The van der Waals surface area contributed by atoms with Crippen molar-refractivity contribution in [2.75, 3.05) is 19.8 Å². The van der Waals surface area contributed by atoms with Crippen LogP contribution in [0.3, 0.4) is 0 Å². The van der Waals surface area contributed by atoms with Crippen molar-refractivity contribution in [2.45, 2.75) is 6.29 Å². The normalized spacial score (nSPS) is 20.4. The van der Waals surface area contributed by atoms with Gasteiger partial charge < -0.3 is 14.2 Å². The van der Waals surface area contributed by atoms with E-state index in [0.29, 0.717) is 13.2 Å². The zero-order valence-electron chi connectivity index (χ0n) is 8.52. The average molecular weight is 226 g/mol. The van der Waals surface area contributed by atoms with E-state index in [1.165, 1.54) is 18.2 Å². The molecule has 1 fully saturated rings. The highest BCUT2D eigenvalue weighted by Crippen LogP contribution is 2.11. The molecule has 1 aromatic carbocycles. The minimum Gasteiger partial charge on any atom is -0.429 e. The van der Waals surface area contributed by atoms with Crippen molar-refractivity contribution in [3.05, 3.63) is 35.6 Å². The largest absolute Gasteiger partial charge is 0.429 e. The fraction of sp³-hybridized carbons (Fsp3) is 0.364. The predicted molar refractivity (Wildman–Crippen MR) is 52.4 cm³/mol. The van der Waals surface area contributed by atoms with Gasteiger partial charge in [0.25, 0.3) is 0 Å². The number of benzene rings is 1. The number of carbonyl (C=O) groups is 1. The summed E-state index contributed by atoms with van der Waals surface area (Å²) in [5.41, 5.74) is -0.100. The molecule has 1 atom stereocenters. The van der Waals surface area contributed by atoms with Gasteiger partial charge in [-0.2, -0.15) is 0 Å². The van der Waals surface area contributed by atoms with E-state index in [-0.39, 0.29) is 12.2 Å². The molecular formula is C11H11FO4. The molecule has 1 unspecified atom stereocenters. The van der Waals surface area contributed by atoms with Crippen molar-refractivity contribution in [2.24, 2.45) is 0 Å². The number of carbonyl (C=O) groups excluding carboxylic acids is 1. The smallest absolute Gasteiger partial charge is 0.343 e. The second-order valence-electron chi connectivity index (χ2n) is 3.26. The molecule has 1 aliphatic heterocycles. The highest BCUT2D eigenvalue weighted by molar-refractivity contribution is 5.89. The minimum atomic E-state index is -0.749. The maximum Gasteiger partial charge on any atom is 0.343 e. The van der Waals surface area contributed by atoms with Gasteiger partial charge in [0.15, 0.2) is 0 Å². The molecule has 2 rings (SSSR count). The Morgan fingerprint density at radius 1 is 1.38 bits per heavy atom. The number of rotatable bonds is 2. The Hall–Kier alpha value is -1.46. The maximum atomic E-state index is 13.2. The van der Waals surface area contributed by atoms with Gasteiger partial charge in [-0.15, -0.1) is 0 Å². The van der Waals surface area contributed by atoms with Crippen LogP contribution < -0.4 is 0 Å². The second kappa shape index (κ2) is 5.05. The summed E-state index contributed by atoms with van der Waals surface area (Å²) in [6, 6.07) is 5.64. The molecule has 0 N–H and O–H groups in total. The van der Waals surface area contributed by atoms with Crippen LogP contribution in [0.25, 0.3) is 0 Å². The SMILES string of the molecule is O=C(OC1COCCO1)c1ccccc1F. The van der Waals surface area contributed by atoms with Crippen LogP contribution in [0.5, 0.6) is 0 Å². The minimum absolute atomic E-state index is 0.100. The van der Waals surface area contributed by atoms with Gasteiger partial charge in [-0.3, -0.25) is 0 Å².